The molecule has 118 valence electrons. The van der Waals surface area contributed by atoms with Crippen LogP contribution in [-0.4, -0.2) is 56.5 Å². The van der Waals surface area contributed by atoms with E-state index >= 15 is 0 Å². The molecule has 0 spiro atoms. The highest BCUT2D eigenvalue weighted by atomic mass is 16.5. The second kappa shape index (κ2) is 8.00. The Bertz CT molecular complexity index is 463. The molecule has 0 aliphatic carbocycles. The van der Waals surface area contributed by atoms with Crippen molar-refractivity contribution in [2.45, 2.75) is 25.4 Å². The van der Waals surface area contributed by atoms with Crippen LogP contribution in [-0.2, 0) is 4.79 Å². The van der Waals surface area contributed by atoms with Gasteiger partial charge in [0.2, 0.25) is 5.91 Å². The van der Waals surface area contributed by atoms with Gasteiger partial charge in [0.15, 0.2) is 0 Å². The van der Waals surface area contributed by atoms with Crippen LogP contribution in [0.4, 0.5) is 0 Å². The third kappa shape index (κ3) is 4.44. The summed E-state index contributed by atoms with van der Waals surface area (Å²) in [7, 11) is 7.09. The van der Waals surface area contributed by atoms with Crippen LogP contribution in [0.25, 0.3) is 0 Å². The first kappa shape index (κ1) is 17.5. The Morgan fingerprint density at radius 1 is 1.29 bits per heavy atom. The molecule has 2 atom stereocenters. The molecule has 2 N–H and O–H groups in total. The van der Waals surface area contributed by atoms with E-state index < -0.39 is 0 Å². The smallest absolute Gasteiger partial charge is 0.236 e. The molecule has 5 nitrogen and oxygen atoms in total. The molecule has 1 amide bonds. The maximum atomic E-state index is 12.0. The zero-order valence-corrected chi connectivity index (χ0v) is 13.7. The molecule has 1 aromatic rings. The first-order valence-electron chi connectivity index (χ1n) is 7.21. The molecule has 0 saturated heterocycles. The van der Waals surface area contributed by atoms with Gasteiger partial charge in [-0.3, -0.25) is 9.69 Å². The fourth-order valence-corrected chi connectivity index (χ4v) is 2.38. The lowest BCUT2D eigenvalue weighted by Crippen LogP contribution is -2.43. The van der Waals surface area contributed by atoms with E-state index in [1.807, 2.05) is 36.2 Å². The Labute approximate surface area is 127 Å². The first-order valence-corrected chi connectivity index (χ1v) is 7.21. The minimum Gasteiger partial charge on any atom is -0.496 e. The van der Waals surface area contributed by atoms with Gasteiger partial charge in [0, 0.05) is 25.7 Å². The summed E-state index contributed by atoms with van der Waals surface area (Å²) < 4.78 is 5.45. The van der Waals surface area contributed by atoms with E-state index in [9.17, 15) is 4.79 Å². The number of benzene rings is 1. The number of carbonyl (C=O) groups is 1. The summed E-state index contributed by atoms with van der Waals surface area (Å²) in [4.78, 5) is 15.6. The SMILES string of the molecule is CCC(N)C(c1ccccc1OC)N(C)CC(=O)N(C)C. The third-order valence-electron chi connectivity index (χ3n) is 3.69. The standard InChI is InChI=1S/C16H27N3O2/c1-6-13(17)16(19(4)11-15(20)18(2)3)12-9-7-8-10-14(12)21-5/h7-10,13,16H,6,11,17H2,1-5H3. The normalized spacial score (nSPS) is 13.9. The van der Waals surface area contributed by atoms with E-state index in [1.165, 1.54) is 0 Å². The van der Waals surface area contributed by atoms with Crippen LogP contribution in [0.3, 0.4) is 0 Å². The highest BCUT2D eigenvalue weighted by molar-refractivity contribution is 5.77. The summed E-state index contributed by atoms with van der Waals surface area (Å²) in [6, 6.07) is 7.70. The summed E-state index contributed by atoms with van der Waals surface area (Å²) in [5.74, 6) is 0.858. The molecule has 0 saturated carbocycles. The van der Waals surface area contributed by atoms with Gasteiger partial charge in [-0.2, -0.15) is 0 Å². The molecule has 2 unspecified atom stereocenters. The highest BCUT2D eigenvalue weighted by Crippen LogP contribution is 2.31. The zero-order chi connectivity index (χ0) is 16.0. The average Bonchev–Trinajstić information content (AvgIpc) is 2.47. The van der Waals surface area contributed by atoms with Gasteiger partial charge in [0.05, 0.1) is 19.7 Å². The van der Waals surface area contributed by atoms with Gasteiger partial charge in [-0.25, -0.2) is 0 Å². The van der Waals surface area contributed by atoms with Crippen LogP contribution >= 0.6 is 0 Å². The lowest BCUT2D eigenvalue weighted by molar-refractivity contribution is -0.130. The van der Waals surface area contributed by atoms with Gasteiger partial charge < -0.3 is 15.4 Å². The van der Waals surface area contributed by atoms with Crippen molar-refractivity contribution in [3.05, 3.63) is 29.8 Å². The number of nitrogens with zero attached hydrogens (tertiary/aromatic N) is 2. The highest BCUT2D eigenvalue weighted by Gasteiger charge is 2.27. The minimum atomic E-state index is -0.0683. The quantitative estimate of drug-likeness (QED) is 0.827. The molecule has 0 radical (unpaired) electrons. The molecular weight excluding hydrogens is 266 g/mol. The lowest BCUT2D eigenvalue weighted by Gasteiger charge is -2.33. The number of amides is 1. The molecule has 5 heteroatoms. The van der Waals surface area contributed by atoms with E-state index in [0.29, 0.717) is 6.54 Å². The van der Waals surface area contributed by atoms with Crippen molar-refractivity contribution < 1.29 is 9.53 Å². The number of rotatable bonds is 7. The monoisotopic (exact) mass is 293 g/mol. The molecule has 0 aromatic heterocycles. The fraction of sp³-hybridized carbons (Fsp3) is 0.562. The van der Waals surface area contributed by atoms with Gasteiger partial charge in [0.25, 0.3) is 0 Å². The van der Waals surface area contributed by atoms with E-state index in [0.717, 1.165) is 17.7 Å². The Hall–Kier alpha value is -1.59. The predicted octanol–water partition coefficient (Wildman–Crippen LogP) is 1.49. The molecule has 0 heterocycles. The zero-order valence-electron chi connectivity index (χ0n) is 13.7. The predicted molar refractivity (Wildman–Crippen MR) is 85.3 cm³/mol. The number of nitrogens with two attached hydrogens (primary N) is 1. The van der Waals surface area contributed by atoms with Crippen LogP contribution < -0.4 is 10.5 Å². The summed E-state index contributed by atoms with van der Waals surface area (Å²) >= 11 is 0. The molecule has 0 bridgehead atoms. The maximum absolute atomic E-state index is 12.0. The number of likely N-dealkylation sites (N-methyl/N-ethyl adjacent to an activating group) is 2. The van der Waals surface area contributed by atoms with E-state index in [-0.39, 0.29) is 18.0 Å². The van der Waals surface area contributed by atoms with Crippen LogP contribution in [0.1, 0.15) is 24.9 Å². The van der Waals surface area contributed by atoms with E-state index in [4.69, 9.17) is 10.5 Å². The van der Waals surface area contributed by atoms with Crippen molar-refractivity contribution in [1.29, 1.82) is 0 Å². The third-order valence-corrected chi connectivity index (χ3v) is 3.69. The van der Waals surface area contributed by atoms with Crippen molar-refractivity contribution in [3.63, 3.8) is 0 Å². The number of hydrogen-bond donors (Lipinski definition) is 1. The first-order chi connectivity index (χ1) is 9.92. The Kier molecular flexibility index (Phi) is 6.65. The summed E-state index contributed by atoms with van der Waals surface area (Å²) in [6.45, 7) is 2.37. The topological polar surface area (TPSA) is 58.8 Å². The second-order valence-corrected chi connectivity index (χ2v) is 5.46. The van der Waals surface area contributed by atoms with Gasteiger partial charge >= 0.3 is 0 Å². The summed E-state index contributed by atoms with van der Waals surface area (Å²) in [5.41, 5.74) is 7.32. The van der Waals surface area contributed by atoms with Gasteiger partial charge in [0.1, 0.15) is 5.75 Å². The number of para-hydroxylation sites is 1. The Morgan fingerprint density at radius 3 is 2.43 bits per heavy atom. The molecule has 0 aliphatic heterocycles. The summed E-state index contributed by atoms with van der Waals surface area (Å²) in [6.07, 6.45) is 0.823. The Balaban J connectivity index is 3.08. The minimum absolute atomic E-state index is 0.0562. The van der Waals surface area contributed by atoms with E-state index in [2.05, 4.69) is 6.92 Å². The van der Waals surface area contributed by atoms with Crippen LogP contribution in [0.5, 0.6) is 5.75 Å². The van der Waals surface area contributed by atoms with E-state index in [1.54, 1.807) is 26.1 Å². The van der Waals surface area contributed by atoms with Crippen molar-refractivity contribution in [2.75, 3.05) is 34.8 Å². The van der Waals surface area contributed by atoms with Crippen LogP contribution in [0, 0.1) is 0 Å². The van der Waals surface area contributed by atoms with Gasteiger partial charge in [-0.1, -0.05) is 25.1 Å². The van der Waals surface area contributed by atoms with Crippen molar-refractivity contribution in [3.8, 4) is 5.75 Å². The number of hydrogen-bond acceptors (Lipinski definition) is 4. The van der Waals surface area contributed by atoms with Gasteiger partial charge in [-0.05, 0) is 19.5 Å². The molecular formula is C16H27N3O2. The molecule has 1 aromatic carbocycles. The lowest BCUT2D eigenvalue weighted by atomic mass is 9.95. The average molecular weight is 293 g/mol. The van der Waals surface area contributed by atoms with Crippen molar-refractivity contribution in [2.24, 2.45) is 5.73 Å². The van der Waals surface area contributed by atoms with Crippen LogP contribution in [0.2, 0.25) is 0 Å². The number of carbonyl (C=O) groups excluding carboxylic acids is 1. The number of ether oxygens (including phenoxy) is 1. The van der Waals surface area contributed by atoms with Crippen LogP contribution in [0.15, 0.2) is 24.3 Å². The van der Waals surface area contributed by atoms with Crippen molar-refractivity contribution >= 4 is 5.91 Å². The maximum Gasteiger partial charge on any atom is 0.236 e. The number of methoxy groups -OCH3 is 1. The summed E-state index contributed by atoms with van der Waals surface area (Å²) in [5, 5.41) is 0. The largest absolute Gasteiger partial charge is 0.496 e. The Morgan fingerprint density at radius 2 is 1.90 bits per heavy atom. The molecule has 21 heavy (non-hydrogen) atoms. The molecule has 1 rings (SSSR count). The second-order valence-electron chi connectivity index (χ2n) is 5.46. The fourth-order valence-electron chi connectivity index (χ4n) is 2.38. The molecule has 0 fully saturated rings. The molecule has 0 aliphatic rings. The van der Waals surface area contributed by atoms with Crippen molar-refractivity contribution in [1.82, 2.24) is 9.80 Å². The van der Waals surface area contributed by atoms with Gasteiger partial charge in [-0.15, -0.1) is 0 Å².